The van der Waals surface area contributed by atoms with Gasteiger partial charge in [0, 0.05) is 6.42 Å². The van der Waals surface area contributed by atoms with Crippen molar-refractivity contribution >= 4 is 5.78 Å². The Hall–Kier alpha value is -0.590. The Balaban J connectivity index is 2.64. The summed E-state index contributed by atoms with van der Waals surface area (Å²) in [5.74, 6) is 1.54. The van der Waals surface area contributed by atoms with Crippen LogP contribution in [0.25, 0.3) is 0 Å². The maximum absolute atomic E-state index is 11.1. The predicted molar refractivity (Wildman–Crippen MR) is 46.3 cm³/mol. The lowest BCUT2D eigenvalue weighted by atomic mass is 9.81. The Labute approximate surface area is 68.5 Å². The van der Waals surface area contributed by atoms with E-state index in [0.717, 1.165) is 12.8 Å². The molecule has 0 heterocycles. The van der Waals surface area contributed by atoms with E-state index in [9.17, 15) is 4.79 Å². The van der Waals surface area contributed by atoms with Gasteiger partial charge in [0.1, 0.15) is 0 Å². The topological polar surface area (TPSA) is 17.1 Å². The average Bonchev–Trinajstić information content (AvgIpc) is 1.85. The molecule has 0 fully saturated rings. The molecule has 0 saturated heterocycles. The molecule has 0 spiro atoms. The second-order valence-corrected chi connectivity index (χ2v) is 3.87. The van der Waals surface area contributed by atoms with Crippen LogP contribution < -0.4 is 0 Å². The van der Waals surface area contributed by atoms with Crippen molar-refractivity contribution in [2.45, 2.75) is 33.6 Å². The van der Waals surface area contributed by atoms with Crippen LogP contribution in [0.2, 0.25) is 0 Å². The molecule has 0 aromatic rings. The molecule has 0 aromatic carbocycles. The van der Waals surface area contributed by atoms with Crippen molar-refractivity contribution in [2.75, 3.05) is 0 Å². The van der Waals surface area contributed by atoms with Crippen molar-refractivity contribution in [3.8, 4) is 0 Å². The SMILES string of the molecule is CC1=CC(=O)CC(C(C)C)C1. The first-order valence-electron chi connectivity index (χ1n) is 4.29. The van der Waals surface area contributed by atoms with Gasteiger partial charge in [0.2, 0.25) is 0 Å². The molecule has 1 aliphatic rings. The van der Waals surface area contributed by atoms with Gasteiger partial charge in [-0.15, -0.1) is 0 Å². The van der Waals surface area contributed by atoms with E-state index >= 15 is 0 Å². The molecule has 1 rings (SSSR count). The van der Waals surface area contributed by atoms with E-state index in [1.807, 2.05) is 6.92 Å². The van der Waals surface area contributed by atoms with Crippen molar-refractivity contribution in [3.05, 3.63) is 11.6 Å². The maximum Gasteiger partial charge on any atom is 0.155 e. The Kier molecular flexibility index (Phi) is 2.48. The van der Waals surface area contributed by atoms with Gasteiger partial charge in [0.25, 0.3) is 0 Å². The molecule has 1 aliphatic carbocycles. The highest BCUT2D eigenvalue weighted by Crippen LogP contribution is 2.27. The van der Waals surface area contributed by atoms with Gasteiger partial charge in [-0.05, 0) is 31.3 Å². The largest absolute Gasteiger partial charge is 0.295 e. The monoisotopic (exact) mass is 152 g/mol. The molecule has 0 bridgehead atoms. The normalized spacial score (nSPS) is 25.6. The van der Waals surface area contributed by atoms with E-state index in [2.05, 4.69) is 13.8 Å². The molecule has 0 amide bonds. The van der Waals surface area contributed by atoms with E-state index in [1.54, 1.807) is 6.08 Å². The minimum absolute atomic E-state index is 0.312. The maximum atomic E-state index is 11.1. The number of hydrogen-bond donors (Lipinski definition) is 0. The van der Waals surface area contributed by atoms with E-state index in [1.165, 1.54) is 5.57 Å². The summed E-state index contributed by atoms with van der Waals surface area (Å²) in [6, 6.07) is 0. The Morgan fingerprint density at radius 1 is 1.45 bits per heavy atom. The third-order valence-corrected chi connectivity index (χ3v) is 2.40. The number of carbonyl (C=O) groups is 1. The molecule has 62 valence electrons. The predicted octanol–water partition coefficient (Wildman–Crippen LogP) is 2.57. The van der Waals surface area contributed by atoms with Crippen molar-refractivity contribution in [1.82, 2.24) is 0 Å². The summed E-state index contributed by atoms with van der Waals surface area (Å²) >= 11 is 0. The minimum atomic E-state index is 0.312. The van der Waals surface area contributed by atoms with Crippen LogP contribution in [0.15, 0.2) is 11.6 Å². The summed E-state index contributed by atoms with van der Waals surface area (Å²) in [5, 5.41) is 0. The van der Waals surface area contributed by atoms with Gasteiger partial charge in [0.05, 0.1) is 0 Å². The Bertz CT molecular complexity index is 189. The molecule has 1 nitrogen and oxygen atoms in total. The summed E-state index contributed by atoms with van der Waals surface area (Å²) in [7, 11) is 0. The molecule has 0 aliphatic heterocycles. The lowest BCUT2D eigenvalue weighted by molar-refractivity contribution is -0.116. The fourth-order valence-corrected chi connectivity index (χ4v) is 1.61. The Morgan fingerprint density at radius 3 is 2.55 bits per heavy atom. The van der Waals surface area contributed by atoms with Gasteiger partial charge in [-0.2, -0.15) is 0 Å². The summed E-state index contributed by atoms with van der Waals surface area (Å²) < 4.78 is 0. The number of rotatable bonds is 1. The summed E-state index contributed by atoms with van der Waals surface area (Å²) in [4.78, 5) is 11.1. The quantitative estimate of drug-likeness (QED) is 0.564. The van der Waals surface area contributed by atoms with Gasteiger partial charge in [-0.25, -0.2) is 0 Å². The van der Waals surface area contributed by atoms with Crippen molar-refractivity contribution in [1.29, 1.82) is 0 Å². The molecular formula is C10H16O. The summed E-state index contributed by atoms with van der Waals surface area (Å²) in [5.41, 5.74) is 1.25. The number of ketones is 1. The third-order valence-electron chi connectivity index (χ3n) is 2.40. The molecule has 11 heavy (non-hydrogen) atoms. The van der Waals surface area contributed by atoms with Crippen LogP contribution in [0.5, 0.6) is 0 Å². The fraction of sp³-hybridized carbons (Fsp3) is 0.700. The highest BCUT2D eigenvalue weighted by molar-refractivity contribution is 5.91. The molecular weight excluding hydrogens is 136 g/mol. The van der Waals surface area contributed by atoms with Crippen LogP contribution in [-0.4, -0.2) is 5.78 Å². The van der Waals surface area contributed by atoms with E-state index in [-0.39, 0.29) is 0 Å². The number of hydrogen-bond acceptors (Lipinski definition) is 1. The van der Waals surface area contributed by atoms with Gasteiger partial charge < -0.3 is 0 Å². The van der Waals surface area contributed by atoms with Crippen molar-refractivity contribution < 1.29 is 4.79 Å². The van der Waals surface area contributed by atoms with Gasteiger partial charge in [0.15, 0.2) is 5.78 Å². The van der Waals surface area contributed by atoms with Crippen LogP contribution in [0.3, 0.4) is 0 Å². The minimum Gasteiger partial charge on any atom is -0.295 e. The highest BCUT2D eigenvalue weighted by Gasteiger charge is 2.20. The first kappa shape index (κ1) is 8.51. The van der Waals surface area contributed by atoms with E-state index in [4.69, 9.17) is 0 Å². The van der Waals surface area contributed by atoms with Gasteiger partial charge >= 0.3 is 0 Å². The summed E-state index contributed by atoms with van der Waals surface area (Å²) in [6.45, 7) is 6.43. The lowest BCUT2D eigenvalue weighted by Crippen LogP contribution is -2.17. The van der Waals surface area contributed by atoms with Crippen LogP contribution in [0, 0.1) is 11.8 Å². The summed E-state index contributed by atoms with van der Waals surface area (Å²) in [6.07, 6.45) is 3.66. The van der Waals surface area contributed by atoms with E-state index in [0.29, 0.717) is 17.6 Å². The zero-order chi connectivity index (χ0) is 8.43. The molecule has 0 N–H and O–H groups in total. The standard InChI is InChI=1S/C10H16O/c1-7(2)9-4-8(3)5-10(11)6-9/h5,7,9H,4,6H2,1-3H3. The van der Waals surface area contributed by atoms with Gasteiger partial charge in [-0.3, -0.25) is 4.79 Å². The van der Waals surface area contributed by atoms with Crippen LogP contribution in [0.1, 0.15) is 33.6 Å². The molecule has 1 unspecified atom stereocenters. The zero-order valence-electron chi connectivity index (χ0n) is 7.55. The molecule has 0 aromatic heterocycles. The van der Waals surface area contributed by atoms with E-state index < -0.39 is 0 Å². The Morgan fingerprint density at radius 2 is 2.09 bits per heavy atom. The van der Waals surface area contributed by atoms with Gasteiger partial charge in [-0.1, -0.05) is 19.4 Å². The van der Waals surface area contributed by atoms with Crippen LogP contribution >= 0.6 is 0 Å². The first-order chi connectivity index (χ1) is 5.09. The van der Waals surface area contributed by atoms with Crippen LogP contribution in [-0.2, 0) is 4.79 Å². The fourth-order valence-electron chi connectivity index (χ4n) is 1.61. The number of allylic oxidation sites excluding steroid dienone is 2. The molecule has 1 atom stereocenters. The first-order valence-corrected chi connectivity index (χ1v) is 4.29. The highest BCUT2D eigenvalue weighted by atomic mass is 16.1. The second kappa shape index (κ2) is 3.21. The molecule has 0 saturated carbocycles. The second-order valence-electron chi connectivity index (χ2n) is 3.87. The van der Waals surface area contributed by atoms with Crippen LogP contribution in [0.4, 0.5) is 0 Å². The lowest BCUT2D eigenvalue weighted by Gasteiger charge is -2.23. The molecule has 1 heteroatoms. The van der Waals surface area contributed by atoms with Crippen molar-refractivity contribution in [2.24, 2.45) is 11.8 Å². The molecule has 0 radical (unpaired) electrons. The average molecular weight is 152 g/mol. The zero-order valence-corrected chi connectivity index (χ0v) is 7.55. The smallest absolute Gasteiger partial charge is 0.155 e. The third kappa shape index (κ3) is 2.18. The number of carbonyl (C=O) groups excluding carboxylic acids is 1. The van der Waals surface area contributed by atoms with Crippen molar-refractivity contribution in [3.63, 3.8) is 0 Å².